The van der Waals surface area contributed by atoms with Crippen molar-refractivity contribution in [1.29, 1.82) is 0 Å². The van der Waals surface area contributed by atoms with Gasteiger partial charge in [-0.3, -0.25) is 0 Å². The van der Waals surface area contributed by atoms with Crippen molar-refractivity contribution >= 4 is 17.7 Å². The van der Waals surface area contributed by atoms with Gasteiger partial charge in [0.25, 0.3) is 0 Å². The maximum atomic E-state index is 10.5. The van der Waals surface area contributed by atoms with E-state index in [9.17, 15) is 4.79 Å². The smallest absolute Gasteiger partial charge is 0.328 e. The standard InChI is InChI=1S/C16H21NO2/c1-2-3-12-17(15-9-10-15)14-7-4-13(5-8-14)6-11-16(18)19/h4-8,11,15H,2-3,9-10,12H2,1H3,(H,18,19)/b11-6+. The van der Waals surface area contributed by atoms with Crippen LogP contribution in [0.15, 0.2) is 30.3 Å². The third kappa shape index (κ3) is 4.12. The number of rotatable bonds is 7. The summed E-state index contributed by atoms with van der Waals surface area (Å²) in [5.41, 5.74) is 2.18. The van der Waals surface area contributed by atoms with Crippen LogP contribution in [0.1, 0.15) is 38.2 Å². The van der Waals surface area contributed by atoms with Crippen LogP contribution in [0.5, 0.6) is 0 Å². The van der Waals surface area contributed by atoms with Crippen molar-refractivity contribution in [3.05, 3.63) is 35.9 Å². The van der Waals surface area contributed by atoms with Gasteiger partial charge in [0.1, 0.15) is 0 Å². The molecule has 3 nitrogen and oxygen atoms in total. The molecule has 1 fully saturated rings. The van der Waals surface area contributed by atoms with Crippen LogP contribution in [0.25, 0.3) is 6.08 Å². The van der Waals surface area contributed by atoms with E-state index in [-0.39, 0.29) is 0 Å². The van der Waals surface area contributed by atoms with Crippen LogP contribution in [-0.4, -0.2) is 23.7 Å². The molecule has 1 N–H and O–H groups in total. The normalized spacial score (nSPS) is 14.8. The number of unbranched alkanes of at least 4 members (excludes halogenated alkanes) is 1. The minimum absolute atomic E-state index is 0.715. The zero-order valence-corrected chi connectivity index (χ0v) is 11.4. The van der Waals surface area contributed by atoms with Crippen molar-refractivity contribution in [2.75, 3.05) is 11.4 Å². The quantitative estimate of drug-likeness (QED) is 0.761. The highest BCUT2D eigenvalue weighted by Gasteiger charge is 2.28. The van der Waals surface area contributed by atoms with Crippen LogP contribution in [0.3, 0.4) is 0 Å². The molecule has 0 amide bonds. The van der Waals surface area contributed by atoms with E-state index in [2.05, 4.69) is 24.0 Å². The molecule has 1 saturated carbocycles. The topological polar surface area (TPSA) is 40.5 Å². The first-order valence-electron chi connectivity index (χ1n) is 6.98. The van der Waals surface area contributed by atoms with Crippen LogP contribution in [-0.2, 0) is 4.79 Å². The van der Waals surface area contributed by atoms with Crippen molar-refractivity contribution in [2.45, 2.75) is 38.6 Å². The lowest BCUT2D eigenvalue weighted by molar-refractivity contribution is -0.131. The number of carbonyl (C=O) groups is 1. The van der Waals surface area contributed by atoms with E-state index < -0.39 is 5.97 Å². The summed E-state index contributed by atoms with van der Waals surface area (Å²) in [4.78, 5) is 12.9. The number of carboxylic acids is 1. The van der Waals surface area contributed by atoms with E-state index in [4.69, 9.17) is 5.11 Å². The number of nitrogens with zero attached hydrogens (tertiary/aromatic N) is 1. The van der Waals surface area contributed by atoms with Crippen molar-refractivity contribution in [3.63, 3.8) is 0 Å². The number of anilines is 1. The van der Waals surface area contributed by atoms with Crippen LogP contribution in [0, 0.1) is 0 Å². The maximum Gasteiger partial charge on any atom is 0.328 e. The number of hydrogen-bond donors (Lipinski definition) is 1. The van der Waals surface area contributed by atoms with Gasteiger partial charge in [0.15, 0.2) is 0 Å². The summed E-state index contributed by atoms with van der Waals surface area (Å²) in [6, 6.07) is 8.86. The fraction of sp³-hybridized carbons (Fsp3) is 0.438. The summed E-state index contributed by atoms with van der Waals surface area (Å²) in [5.74, 6) is -0.911. The van der Waals surface area contributed by atoms with Crippen molar-refractivity contribution < 1.29 is 9.90 Å². The van der Waals surface area contributed by atoms with E-state index in [1.165, 1.54) is 37.4 Å². The van der Waals surface area contributed by atoms with Crippen molar-refractivity contribution in [3.8, 4) is 0 Å². The van der Waals surface area contributed by atoms with Gasteiger partial charge in [0.2, 0.25) is 0 Å². The van der Waals surface area contributed by atoms with Gasteiger partial charge in [-0.2, -0.15) is 0 Å². The molecule has 3 heteroatoms. The number of carboxylic acid groups (broad SMARTS) is 1. The Bertz CT molecular complexity index is 446. The maximum absolute atomic E-state index is 10.5. The van der Waals surface area contributed by atoms with E-state index >= 15 is 0 Å². The van der Waals surface area contributed by atoms with Gasteiger partial charge in [-0.25, -0.2) is 4.79 Å². The van der Waals surface area contributed by atoms with Crippen molar-refractivity contribution in [2.24, 2.45) is 0 Å². The average molecular weight is 259 g/mol. The van der Waals surface area contributed by atoms with Gasteiger partial charge in [0, 0.05) is 24.4 Å². The molecule has 102 valence electrons. The van der Waals surface area contributed by atoms with E-state index in [0.717, 1.165) is 12.1 Å². The zero-order chi connectivity index (χ0) is 13.7. The molecule has 0 atom stereocenters. The zero-order valence-electron chi connectivity index (χ0n) is 11.4. The number of hydrogen-bond acceptors (Lipinski definition) is 2. The lowest BCUT2D eigenvalue weighted by Gasteiger charge is -2.24. The Labute approximate surface area is 114 Å². The average Bonchev–Trinajstić information content (AvgIpc) is 3.23. The van der Waals surface area contributed by atoms with Gasteiger partial charge >= 0.3 is 5.97 Å². The molecule has 19 heavy (non-hydrogen) atoms. The predicted octanol–water partition coefficient (Wildman–Crippen LogP) is 3.55. The molecule has 0 heterocycles. The molecule has 0 unspecified atom stereocenters. The second kappa shape index (κ2) is 6.41. The molecule has 1 aliphatic carbocycles. The molecule has 0 aromatic heterocycles. The molecule has 1 aliphatic rings. The van der Waals surface area contributed by atoms with Gasteiger partial charge in [-0.1, -0.05) is 25.5 Å². The minimum atomic E-state index is -0.911. The predicted molar refractivity (Wildman–Crippen MR) is 78.4 cm³/mol. The molecule has 0 spiro atoms. The fourth-order valence-corrected chi connectivity index (χ4v) is 2.18. The highest BCUT2D eigenvalue weighted by atomic mass is 16.4. The minimum Gasteiger partial charge on any atom is -0.478 e. The third-order valence-corrected chi connectivity index (χ3v) is 3.38. The number of aliphatic carboxylic acids is 1. The first kappa shape index (κ1) is 13.7. The molecule has 1 aromatic carbocycles. The summed E-state index contributed by atoms with van der Waals surface area (Å²) in [7, 11) is 0. The fourth-order valence-electron chi connectivity index (χ4n) is 2.18. The van der Waals surface area contributed by atoms with Crippen LogP contribution in [0.2, 0.25) is 0 Å². The Morgan fingerprint density at radius 2 is 2.05 bits per heavy atom. The van der Waals surface area contributed by atoms with Gasteiger partial charge < -0.3 is 10.0 Å². The Kier molecular flexibility index (Phi) is 4.61. The molecule has 1 aromatic rings. The molecule has 0 radical (unpaired) electrons. The highest BCUT2D eigenvalue weighted by Crippen LogP contribution is 2.32. The Balaban J connectivity index is 2.04. The Morgan fingerprint density at radius 3 is 2.58 bits per heavy atom. The van der Waals surface area contributed by atoms with Gasteiger partial charge in [0.05, 0.1) is 0 Å². The molecule has 2 rings (SSSR count). The molecular weight excluding hydrogens is 238 g/mol. The van der Waals surface area contributed by atoms with E-state index in [0.29, 0.717) is 6.04 Å². The summed E-state index contributed by atoms with van der Waals surface area (Å²) < 4.78 is 0. The lowest BCUT2D eigenvalue weighted by atomic mass is 10.1. The first-order chi connectivity index (χ1) is 9.20. The third-order valence-electron chi connectivity index (χ3n) is 3.38. The molecule has 0 bridgehead atoms. The van der Waals surface area contributed by atoms with Crippen molar-refractivity contribution in [1.82, 2.24) is 0 Å². The Morgan fingerprint density at radius 1 is 1.37 bits per heavy atom. The highest BCUT2D eigenvalue weighted by molar-refractivity contribution is 5.85. The largest absolute Gasteiger partial charge is 0.478 e. The Hall–Kier alpha value is -1.77. The van der Waals surface area contributed by atoms with E-state index in [1.807, 2.05) is 12.1 Å². The second-order valence-corrected chi connectivity index (χ2v) is 5.04. The molecule has 0 saturated heterocycles. The first-order valence-corrected chi connectivity index (χ1v) is 6.98. The van der Waals surface area contributed by atoms with Gasteiger partial charge in [-0.05, 0) is 43.0 Å². The summed E-state index contributed by atoms with van der Waals surface area (Å²) in [6.07, 6.45) is 7.82. The summed E-state index contributed by atoms with van der Waals surface area (Å²) >= 11 is 0. The number of benzene rings is 1. The monoisotopic (exact) mass is 259 g/mol. The van der Waals surface area contributed by atoms with E-state index in [1.54, 1.807) is 6.08 Å². The van der Waals surface area contributed by atoms with Crippen LogP contribution in [0.4, 0.5) is 5.69 Å². The van der Waals surface area contributed by atoms with Crippen LogP contribution < -0.4 is 4.90 Å². The lowest BCUT2D eigenvalue weighted by Crippen LogP contribution is -2.26. The van der Waals surface area contributed by atoms with Crippen LogP contribution >= 0.6 is 0 Å². The summed E-state index contributed by atoms with van der Waals surface area (Å²) in [6.45, 7) is 3.33. The second-order valence-electron chi connectivity index (χ2n) is 5.04. The SMILES string of the molecule is CCCCN(c1ccc(/C=C/C(=O)O)cc1)C1CC1. The molecular formula is C16H21NO2. The summed E-state index contributed by atoms with van der Waals surface area (Å²) in [5, 5.41) is 8.60. The van der Waals surface area contributed by atoms with Gasteiger partial charge in [-0.15, -0.1) is 0 Å². The molecule has 0 aliphatic heterocycles.